The number of azo groups is 1. The molecule has 0 saturated carbocycles. The highest BCUT2D eigenvalue weighted by Crippen LogP contribution is 2.38. The van der Waals surface area contributed by atoms with Gasteiger partial charge in [-0.3, -0.25) is 0 Å². The molecule has 102 valence electrons. The summed E-state index contributed by atoms with van der Waals surface area (Å²) in [5.74, 6) is -0.551. The lowest BCUT2D eigenvalue weighted by Gasteiger charge is -2.00. The van der Waals surface area contributed by atoms with E-state index in [0.717, 1.165) is 12.1 Å². The summed E-state index contributed by atoms with van der Waals surface area (Å²) in [6.45, 7) is 1.60. The molecule has 0 aliphatic carbocycles. The number of nitroso groups, excluding NO2 is 1. The second-order valence-electron chi connectivity index (χ2n) is 3.66. The zero-order valence-corrected chi connectivity index (χ0v) is 10.2. The molecule has 0 unspecified atom stereocenters. The SMILES string of the molecule is Cc1nc(N)nc(N=Nc2cc(N=O)c(O)cc2O)n1. The van der Waals surface area contributed by atoms with Crippen molar-refractivity contribution < 1.29 is 10.2 Å². The summed E-state index contributed by atoms with van der Waals surface area (Å²) in [5.41, 5.74) is 5.07. The summed E-state index contributed by atoms with van der Waals surface area (Å²) in [6.07, 6.45) is 0. The van der Waals surface area contributed by atoms with Gasteiger partial charge in [-0.05, 0) is 12.1 Å². The Morgan fingerprint density at radius 2 is 1.75 bits per heavy atom. The summed E-state index contributed by atoms with van der Waals surface area (Å²) >= 11 is 0. The normalized spacial score (nSPS) is 10.8. The van der Waals surface area contributed by atoms with Crippen LogP contribution in [0.2, 0.25) is 0 Å². The third kappa shape index (κ3) is 2.80. The van der Waals surface area contributed by atoms with E-state index in [0.29, 0.717) is 5.82 Å². The molecule has 10 heteroatoms. The number of phenols is 2. The van der Waals surface area contributed by atoms with Gasteiger partial charge in [0.25, 0.3) is 5.95 Å². The maximum atomic E-state index is 10.4. The predicted molar refractivity (Wildman–Crippen MR) is 68.4 cm³/mol. The number of anilines is 1. The molecule has 0 radical (unpaired) electrons. The van der Waals surface area contributed by atoms with Gasteiger partial charge in [0.1, 0.15) is 23.0 Å². The zero-order valence-electron chi connectivity index (χ0n) is 10.2. The Hall–Kier alpha value is -3.17. The van der Waals surface area contributed by atoms with E-state index >= 15 is 0 Å². The summed E-state index contributed by atoms with van der Waals surface area (Å²) in [4.78, 5) is 21.8. The number of nitrogen functional groups attached to an aromatic ring is 1. The molecular weight excluding hydrogens is 266 g/mol. The lowest BCUT2D eigenvalue weighted by Crippen LogP contribution is -1.98. The van der Waals surface area contributed by atoms with E-state index in [1.54, 1.807) is 6.92 Å². The Balaban J connectivity index is 2.38. The third-order valence-corrected chi connectivity index (χ3v) is 2.17. The second kappa shape index (κ2) is 5.22. The van der Waals surface area contributed by atoms with E-state index in [9.17, 15) is 15.1 Å². The van der Waals surface area contributed by atoms with Crippen LogP contribution in [-0.2, 0) is 0 Å². The van der Waals surface area contributed by atoms with E-state index in [1.807, 2.05) is 0 Å². The van der Waals surface area contributed by atoms with Gasteiger partial charge >= 0.3 is 0 Å². The number of aromatic hydroxyl groups is 2. The van der Waals surface area contributed by atoms with Gasteiger partial charge in [-0.25, -0.2) is 0 Å². The first-order chi connectivity index (χ1) is 9.49. The molecular formula is C10H9N7O3. The van der Waals surface area contributed by atoms with Crippen molar-refractivity contribution in [3.8, 4) is 11.5 Å². The topological polar surface area (TPSA) is 159 Å². The van der Waals surface area contributed by atoms with Crippen LogP contribution in [0.3, 0.4) is 0 Å². The summed E-state index contributed by atoms with van der Waals surface area (Å²) in [7, 11) is 0. The maximum Gasteiger partial charge on any atom is 0.273 e. The van der Waals surface area contributed by atoms with E-state index in [4.69, 9.17) is 5.73 Å². The number of rotatable bonds is 3. The number of nitrogens with two attached hydrogens (primary N) is 1. The van der Waals surface area contributed by atoms with Gasteiger partial charge in [-0.1, -0.05) is 0 Å². The average Bonchev–Trinajstić information content (AvgIpc) is 2.36. The fourth-order valence-electron chi connectivity index (χ4n) is 1.34. The lowest BCUT2D eigenvalue weighted by molar-refractivity contribution is 0.452. The minimum atomic E-state index is -0.461. The number of hydrogen-bond donors (Lipinski definition) is 3. The van der Waals surface area contributed by atoms with Gasteiger partial charge in [-0.15, -0.1) is 15.1 Å². The lowest BCUT2D eigenvalue weighted by atomic mass is 10.2. The molecule has 0 atom stereocenters. The first kappa shape index (κ1) is 13.3. The Morgan fingerprint density at radius 3 is 2.40 bits per heavy atom. The van der Waals surface area contributed by atoms with Crippen LogP contribution >= 0.6 is 0 Å². The highest BCUT2D eigenvalue weighted by Gasteiger charge is 2.09. The third-order valence-electron chi connectivity index (χ3n) is 2.17. The van der Waals surface area contributed by atoms with E-state index in [-0.39, 0.29) is 29.0 Å². The van der Waals surface area contributed by atoms with Crippen LogP contribution in [0.4, 0.5) is 23.3 Å². The van der Waals surface area contributed by atoms with Crippen molar-refractivity contribution >= 4 is 23.3 Å². The fraction of sp³-hybridized carbons (Fsp3) is 0.100. The number of benzene rings is 1. The number of hydrogen-bond acceptors (Lipinski definition) is 10. The summed E-state index contributed by atoms with van der Waals surface area (Å²) in [5, 5.41) is 28.8. The molecule has 2 rings (SSSR count). The molecule has 0 spiro atoms. The highest BCUT2D eigenvalue weighted by atomic mass is 16.3. The highest BCUT2D eigenvalue weighted by molar-refractivity contribution is 5.65. The van der Waals surface area contributed by atoms with Crippen LogP contribution in [0.5, 0.6) is 11.5 Å². The van der Waals surface area contributed by atoms with Crippen LogP contribution < -0.4 is 5.73 Å². The molecule has 0 saturated heterocycles. The average molecular weight is 275 g/mol. The molecule has 0 aliphatic rings. The number of aromatic nitrogens is 3. The fourth-order valence-corrected chi connectivity index (χ4v) is 1.34. The summed E-state index contributed by atoms with van der Waals surface area (Å²) in [6, 6.07) is 2.00. The van der Waals surface area contributed by atoms with Crippen molar-refractivity contribution in [2.75, 3.05) is 5.73 Å². The molecule has 1 aromatic heterocycles. The molecule has 2 aromatic rings. The summed E-state index contributed by atoms with van der Waals surface area (Å²) < 4.78 is 0. The molecule has 0 amide bonds. The van der Waals surface area contributed by atoms with Gasteiger partial charge in [-0.2, -0.15) is 15.0 Å². The van der Waals surface area contributed by atoms with Crippen molar-refractivity contribution in [2.45, 2.75) is 6.92 Å². The van der Waals surface area contributed by atoms with Gasteiger partial charge in [0, 0.05) is 12.1 Å². The second-order valence-corrected chi connectivity index (χ2v) is 3.66. The maximum absolute atomic E-state index is 10.4. The Bertz CT molecular complexity index is 681. The van der Waals surface area contributed by atoms with E-state index in [1.165, 1.54) is 0 Å². The van der Waals surface area contributed by atoms with Crippen LogP contribution in [0.25, 0.3) is 0 Å². The van der Waals surface area contributed by atoms with Gasteiger partial charge < -0.3 is 15.9 Å². The van der Waals surface area contributed by atoms with Crippen LogP contribution in [0, 0.1) is 11.8 Å². The van der Waals surface area contributed by atoms with Crippen LogP contribution in [0.1, 0.15) is 5.82 Å². The molecule has 1 heterocycles. The van der Waals surface area contributed by atoms with Crippen molar-refractivity contribution in [3.05, 3.63) is 22.9 Å². The monoisotopic (exact) mass is 275 g/mol. The smallest absolute Gasteiger partial charge is 0.273 e. The number of nitrogens with zero attached hydrogens (tertiary/aromatic N) is 6. The molecule has 0 fully saturated rings. The van der Waals surface area contributed by atoms with Gasteiger partial charge in [0.15, 0.2) is 5.69 Å². The zero-order chi connectivity index (χ0) is 14.7. The Morgan fingerprint density at radius 1 is 1.05 bits per heavy atom. The Kier molecular flexibility index (Phi) is 3.46. The van der Waals surface area contributed by atoms with Gasteiger partial charge in [0.2, 0.25) is 5.95 Å². The van der Waals surface area contributed by atoms with Crippen molar-refractivity contribution in [3.63, 3.8) is 0 Å². The molecule has 20 heavy (non-hydrogen) atoms. The van der Waals surface area contributed by atoms with Crippen molar-refractivity contribution in [1.82, 2.24) is 15.0 Å². The minimum absolute atomic E-state index is 0.0170. The predicted octanol–water partition coefficient (Wildman–Crippen LogP) is 1.99. The number of phenolic OH excluding ortho intramolecular Hbond substituents is 2. The largest absolute Gasteiger partial charge is 0.505 e. The standard InChI is InChI=1S/C10H9N7O3/c1-4-12-9(11)14-10(13-4)16-15-5-2-6(17-20)8(19)3-7(5)18/h2-3,18-19H,1H3,(H2,11,12,13,14). The molecule has 0 aliphatic heterocycles. The first-order valence-electron chi connectivity index (χ1n) is 5.29. The van der Waals surface area contributed by atoms with E-state index < -0.39 is 5.75 Å². The quantitative estimate of drug-likeness (QED) is 0.570. The number of aryl methyl sites for hydroxylation is 1. The van der Waals surface area contributed by atoms with Crippen LogP contribution in [0.15, 0.2) is 27.5 Å². The van der Waals surface area contributed by atoms with Crippen LogP contribution in [-0.4, -0.2) is 25.2 Å². The van der Waals surface area contributed by atoms with Crippen molar-refractivity contribution in [2.24, 2.45) is 15.4 Å². The molecule has 1 aromatic carbocycles. The molecule has 10 nitrogen and oxygen atoms in total. The molecule has 0 bridgehead atoms. The van der Waals surface area contributed by atoms with Gasteiger partial charge in [0.05, 0.1) is 0 Å². The minimum Gasteiger partial charge on any atom is -0.505 e. The molecule has 4 N–H and O–H groups in total. The van der Waals surface area contributed by atoms with E-state index in [2.05, 4.69) is 30.4 Å². The first-order valence-corrected chi connectivity index (χ1v) is 5.29. The van der Waals surface area contributed by atoms with Crippen molar-refractivity contribution in [1.29, 1.82) is 0 Å². The Labute approximate surface area is 112 Å².